The van der Waals surface area contributed by atoms with Gasteiger partial charge in [-0.1, -0.05) is 97.1 Å². The van der Waals surface area contributed by atoms with Crippen LogP contribution in [0.3, 0.4) is 0 Å². The molecule has 0 bridgehead atoms. The first-order valence-electron chi connectivity index (χ1n) is 11.9. The van der Waals surface area contributed by atoms with Gasteiger partial charge in [0.05, 0.1) is 28.2 Å². The number of quaternary nitrogens is 2. The minimum atomic E-state index is -5.17. The van der Waals surface area contributed by atoms with E-state index in [1.807, 2.05) is 0 Å². The fraction of sp³-hybridized carbons (Fsp3) is 0.200. The zero-order valence-corrected chi connectivity index (χ0v) is 22.7. The van der Waals surface area contributed by atoms with Crippen molar-refractivity contribution < 1.29 is 17.5 Å². The Hall–Kier alpha value is -3.33. The third kappa shape index (κ3) is 12.0. The van der Waals surface area contributed by atoms with Crippen LogP contribution in [0, 0.1) is 0 Å². The first kappa shape index (κ1) is 29.9. The second-order valence-electron chi connectivity index (χ2n) is 9.74. The van der Waals surface area contributed by atoms with Gasteiger partial charge in [-0.3, -0.25) is 17.4 Å². The van der Waals surface area contributed by atoms with Crippen LogP contribution >= 0.6 is 0 Å². The Morgan fingerprint density at radius 1 is 0.486 bits per heavy atom. The van der Waals surface area contributed by atoms with Crippen molar-refractivity contribution in [1.29, 1.82) is 0 Å². The monoisotopic (exact) mass is 520 g/mol. The van der Waals surface area contributed by atoms with E-state index >= 15 is 0 Å². The van der Waals surface area contributed by atoms with Gasteiger partial charge in [0.1, 0.15) is 24.5 Å². The average Bonchev–Trinajstić information content (AvgIpc) is 2.85. The van der Waals surface area contributed by atoms with Crippen LogP contribution in [0.4, 0.5) is 11.4 Å². The highest BCUT2D eigenvalue weighted by Gasteiger charge is 2.19. The van der Waals surface area contributed by atoms with E-state index in [9.17, 15) is 0 Å². The van der Waals surface area contributed by atoms with E-state index in [1.165, 1.54) is 22.5 Å². The molecule has 0 saturated carbocycles. The van der Waals surface area contributed by atoms with Gasteiger partial charge in [0.15, 0.2) is 0 Å². The maximum absolute atomic E-state index is 8.52. The number of para-hydroxylation sites is 2. The molecule has 4 aromatic rings. The van der Waals surface area contributed by atoms with Crippen molar-refractivity contribution in [2.24, 2.45) is 0 Å². The number of hydrogen-bond donors (Lipinski definition) is 0. The topological polar surface area (TPSA) is 80.3 Å². The lowest BCUT2D eigenvalue weighted by molar-refractivity contribution is 0.352. The van der Waals surface area contributed by atoms with Crippen LogP contribution in [0.1, 0.15) is 11.1 Å². The molecule has 196 valence electrons. The quantitative estimate of drug-likeness (QED) is 0.189. The van der Waals surface area contributed by atoms with Crippen LogP contribution in [-0.4, -0.2) is 45.7 Å². The maximum atomic E-state index is 8.52. The number of rotatable bonds is 6. The van der Waals surface area contributed by atoms with E-state index < -0.39 is 10.4 Å². The molecule has 0 atom stereocenters. The molecule has 0 unspecified atom stereocenters. The van der Waals surface area contributed by atoms with Gasteiger partial charge in [0, 0.05) is 21.5 Å². The molecule has 0 amide bonds. The average molecular weight is 521 g/mol. The molecule has 37 heavy (non-hydrogen) atoms. The van der Waals surface area contributed by atoms with Crippen LogP contribution in [-0.2, 0) is 23.5 Å². The summed E-state index contributed by atoms with van der Waals surface area (Å²) >= 11 is 0. The van der Waals surface area contributed by atoms with Crippen LogP contribution in [0.2, 0.25) is 0 Å². The molecular formula is C30H36N2O4S. The standard InChI is InChI=1S/2C15H18N.H2O4S/c2*1-16(2,15-11-7-4-8-12-15)13-14-9-5-3-6-10-14;1-5(2,3)4/h2*3-12H,13H2,1-2H3;(H2,1,2,3,4)/q2*+1;/p-2. The lowest BCUT2D eigenvalue weighted by Gasteiger charge is -2.29. The Labute approximate surface area is 221 Å². The Morgan fingerprint density at radius 3 is 0.946 bits per heavy atom. The van der Waals surface area contributed by atoms with Crippen LogP contribution < -0.4 is 8.97 Å². The van der Waals surface area contributed by atoms with Crippen molar-refractivity contribution in [1.82, 2.24) is 8.97 Å². The molecule has 6 nitrogen and oxygen atoms in total. The Balaban J connectivity index is 0.000000221. The SMILES string of the molecule is C[N+](C)(Cc1ccccc1)c1ccccc1.C[N+](C)(Cc1ccccc1)c1ccccc1.O=S(=O)([O-])[O-]. The molecule has 0 spiro atoms. The maximum Gasteiger partial charge on any atom is 0.132 e. The highest BCUT2D eigenvalue weighted by atomic mass is 32.3. The molecule has 0 aliphatic heterocycles. The summed E-state index contributed by atoms with van der Waals surface area (Å²) in [6.45, 7) is 2.04. The summed E-state index contributed by atoms with van der Waals surface area (Å²) in [7, 11) is 3.79. The lowest BCUT2D eigenvalue weighted by Crippen LogP contribution is -2.39. The minimum Gasteiger partial charge on any atom is -0.759 e. The minimum absolute atomic E-state index is 0.880. The summed E-state index contributed by atoms with van der Waals surface area (Å²) in [5.74, 6) is 0. The summed E-state index contributed by atoms with van der Waals surface area (Å²) < 4.78 is 35.8. The van der Waals surface area contributed by atoms with Crippen LogP contribution in [0.15, 0.2) is 121 Å². The molecule has 0 N–H and O–H groups in total. The highest BCUT2D eigenvalue weighted by Crippen LogP contribution is 2.22. The van der Waals surface area contributed by atoms with Crippen molar-refractivity contribution in [3.8, 4) is 0 Å². The van der Waals surface area contributed by atoms with Gasteiger partial charge in [-0.05, 0) is 24.3 Å². The zero-order chi connectivity index (χ0) is 27.4. The van der Waals surface area contributed by atoms with E-state index in [-0.39, 0.29) is 0 Å². The summed E-state index contributed by atoms with van der Waals surface area (Å²) in [5.41, 5.74) is 5.42. The van der Waals surface area contributed by atoms with Gasteiger partial charge in [-0.2, -0.15) is 0 Å². The van der Waals surface area contributed by atoms with E-state index in [1.54, 1.807) is 0 Å². The molecule has 0 saturated heterocycles. The molecule has 0 heterocycles. The van der Waals surface area contributed by atoms with Crippen molar-refractivity contribution >= 4 is 21.8 Å². The molecular weight excluding hydrogens is 484 g/mol. The normalized spacial score (nSPS) is 11.4. The fourth-order valence-electron chi connectivity index (χ4n) is 3.93. The second kappa shape index (κ2) is 13.8. The predicted octanol–water partition coefficient (Wildman–Crippen LogP) is 5.57. The smallest absolute Gasteiger partial charge is 0.132 e. The Morgan fingerprint density at radius 2 is 0.703 bits per heavy atom. The van der Waals surface area contributed by atoms with Gasteiger partial charge < -0.3 is 9.11 Å². The number of nitrogens with zero attached hydrogens (tertiary/aromatic N) is 2. The largest absolute Gasteiger partial charge is 0.759 e. The first-order valence-corrected chi connectivity index (χ1v) is 13.2. The van der Waals surface area contributed by atoms with Crippen molar-refractivity contribution in [2.75, 3.05) is 28.2 Å². The van der Waals surface area contributed by atoms with Crippen LogP contribution in [0.25, 0.3) is 0 Å². The van der Waals surface area contributed by atoms with Crippen LogP contribution in [0.5, 0.6) is 0 Å². The van der Waals surface area contributed by atoms with Gasteiger partial charge in [-0.25, -0.2) is 0 Å². The van der Waals surface area contributed by atoms with Gasteiger partial charge in [-0.15, -0.1) is 0 Å². The molecule has 0 fully saturated rings. The third-order valence-corrected chi connectivity index (χ3v) is 5.75. The van der Waals surface area contributed by atoms with E-state index in [4.69, 9.17) is 17.5 Å². The Kier molecular flexibility index (Phi) is 11.2. The predicted molar refractivity (Wildman–Crippen MR) is 151 cm³/mol. The van der Waals surface area contributed by atoms with Gasteiger partial charge in [0.25, 0.3) is 0 Å². The van der Waals surface area contributed by atoms with Crippen molar-refractivity contribution in [2.45, 2.75) is 13.1 Å². The van der Waals surface area contributed by atoms with Crippen molar-refractivity contribution in [3.05, 3.63) is 132 Å². The summed E-state index contributed by atoms with van der Waals surface area (Å²) in [6, 6.07) is 42.5. The van der Waals surface area contributed by atoms with Gasteiger partial charge in [0.2, 0.25) is 0 Å². The lowest BCUT2D eigenvalue weighted by atomic mass is 10.2. The van der Waals surface area contributed by atoms with E-state index in [0.717, 1.165) is 22.1 Å². The molecule has 0 radical (unpaired) electrons. The summed E-state index contributed by atoms with van der Waals surface area (Å²) in [5, 5.41) is 0. The summed E-state index contributed by atoms with van der Waals surface area (Å²) in [6.07, 6.45) is 0. The summed E-state index contributed by atoms with van der Waals surface area (Å²) in [4.78, 5) is 0. The molecule has 4 rings (SSSR count). The molecule has 7 heteroatoms. The van der Waals surface area contributed by atoms with E-state index in [0.29, 0.717) is 0 Å². The highest BCUT2D eigenvalue weighted by molar-refractivity contribution is 7.79. The third-order valence-electron chi connectivity index (χ3n) is 5.75. The number of hydrogen-bond acceptors (Lipinski definition) is 4. The molecule has 0 aliphatic carbocycles. The first-order chi connectivity index (χ1) is 17.4. The molecule has 0 aliphatic rings. The van der Waals surface area contributed by atoms with Gasteiger partial charge >= 0.3 is 0 Å². The van der Waals surface area contributed by atoms with E-state index in [2.05, 4.69) is 150 Å². The zero-order valence-electron chi connectivity index (χ0n) is 21.9. The fourth-order valence-corrected chi connectivity index (χ4v) is 3.93. The number of benzene rings is 4. The molecule has 4 aromatic carbocycles. The van der Waals surface area contributed by atoms with Crippen molar-refractivity contribution in [3.63, 3.8) is 0 Å². The molecule has 0 aromatic heterocycles. The Bertz CT molecular complexity index is 1180. The second-order valence-corrected chi connectivity index (χ2v) is 10.6.